The molecule has 0 aromatic heterocycles. The first kappa shape index (κ1) is 35.3. The van der Waals surface area contributed by atoms with E-state index in [1.165, 1.54) is 10.4 Å². The van der Waals surface area contributed by atoms with E-state index in [0.717, 1.165) is 12.8 Å². The van der Waals surface area contributed by atoms with Gasteiger partial charge in [0.1, 0.15) is 6.10 Å². The molecule has 2 aromatic rings. The number of ether oxygens (including phenoxy) is 2. The molecule has 7 heteroatoms. The quantitative estimate of drug-likeness (QED) is 0.279. The van der Waals surface area contributed by atoms with Gasteiger partial charge in [-0.1, -0.05) is 116 Å². The number of aliphatic hydroxyl groups is 3. The van der Waals surface area contributed by atoms with E-state index in [0.29, 0.717) is 19.3 Å². The zero-order valence-corrected chi connectivity index (χ0v) is 29.3. The molecule has 0 bridgehead atoms. The van der Waals surface area contributed by atoms with Gasteiger partial charge in [-0.15, -0.1) is 0 Å². The van der Waals surface area contributed by atoms with E-state index in [9.17, 15) is 15.3 Å². The Morgan fingerprint density at radius 1 is 0.932 bits per heavy atom. The number of benzene rings is 2. The van der Waals surface area contributed by atoms with Gasteiger partial charge in [-0.2, -0.15) is 0 Å². The third-order valence-corrected chi connectivity index (χ3v) is 15.9. The Morgan fingerprint density at radius 3 is 1.98 bits per heavy atom. The summed E-state index contributed by atoms with van der Waals surface area (Å²) in [5.41, 5.74) is 0. The Balaban J connectivity index is 1.62. The molecule has 0 aliphatic carbocycles. The van der Waals surface area contributed by atoms with E-state index in [2.05, 4.69) is 102 Å². The van der Waals surface area contributed by atoms with Crippen molar-refractivity contribution < 1.29 is 29.2 Å². The molecule has 2 aliphatic heterocycles. The molecule has 0 saturated carbocycles. The summed E-state index contributed by atoms with van der Waals surface area (Å²) in [6.45, 7) is 17.3. The van der Waals surface area contributed by atoms with Gasteiger partial charge >= 0.3 is 0 Å². The largest absolute Gasteiger partial charge is 0.405 e. The molecule has 1 unspecified atom stereocenters. The van der Waals surface area contributed by atoms with Crippen LogP contribution < -0.4 is 10.4 Å². The van der Waals surface area contributed by atoms with Crippen molar-refractivity contribution in [3.63, 3.8) is 0 Å². The highest BCUT2D eigenvalue weighted by Crippen LogP contribution is 2.48. The molecule has 2 heterocycles. The number of hydrogen-bond donors (Lipinski definition) is 3. The molecule has 2 fully saturated rings. The second kappa shape index (κ2) is 14.5. The zero-order valence-electron chi connectivity index (χ0n) is 28.3. The van der Waals surface area contributed by atoms with Gasteiger partial charge in [-0.3, -0.25) is 0 Å². The summed E-state index contributed by atoms with van der Waals surface area (Å²) >= 11 is 0. The summed E-state index contributed by atoms with van der Waals surface area (Å²) in [6, 6.07) is 21.4. The average Bonchev–Trinajstić information content (AvgIpc) is 3.00. The molecule has 4 rings (SSSR count). The molecule has 1 spiro atoms. The van der Waals surface area contributed by atoms with E-state index in [4.69, 9.17) is 13.9 Å². The first-order chi connectivity index (χ1) is 20.8. The van der Waals surface area contributed by atoms with Gasteiger partial charge in [0.15, 0.2) is 5.79 Å². The lowest BCUT2D eigenvalue weighted by Crippen LogP contribution is -2.68. The van der Waals surface area contributed by atoms with Crippen LogP contribution in [-0.2, 0) is 13.9 Å². The van der Waals surface area contributed by atoms with Gasteiger partial charge in [0.2, 0.25) is 0 Å². The van der Waals surface area contributed by atoms with Crippen LogP contribution in [0.5, 0.6) is 0 Å². The minimum atomic E-state index is -2.75. The van der Waals surface area contributed by atoms with Crippen LogP contribution in [0.1, 0.15) is 87.5 Å². The van der Waals surface area contributed by atoms with Crippen LogP contribution in [0.25, 0.3) is 0 Å². The highest BCUT2D eigenvalue weighted by molar-refractivity contribution is 6.99. The van der Waals surface area contributed by atoms with Crippen molar-refractivity contribution in [3.05, 3.63) is 60.7 Å². The SMILES string of the molecule is CC[C@@H](CO)CC[C@@H]1O[C@]2(O[C@@H](C[C@@H](C)O[Si](c3ccccc3)(c3ccccc3)C(C)(C)C)[C@@H](C)CC2O)[C@@H](C)[C@H](O)[C@@H]1C. The zero-order chi connectivity index (χ0) is 32.3. The molecule has 6 nitrogen and oxygen atoms in total. The fourth-order valence-electron chi connectivity index (χ4n) is 7.78. The van der Waals surface area contributed by atoms with Crippen LogP contribution >= 0.6 is 0 Å². The van der Waals surface area contributed by atoms with Crippen molar-refractivity contribution in [2.75, 3.05) is 6.61 Å². The lowest BCUT2D eigenvalue weighted by Gasteiger charge is -2.57. The molecule has 2 saturated heterocycles. The fourth-order valence-corrected chi connectivity index (χ4v) is 12.5. The van der Waals surface area contributed by atoms with Crippen LogP contribution in [0, 0.1) is 23.7 Å². The number of rotatable bonds is 11. The molecule has 44 heavy (non-hydrogen) atoms. The van der Waals surface area contributed by atoms with E-state index in [1.54, 1.807) is 0 Å². The second-order valence-electron chi connectivity index (χ2n) is 14.8. The predicted octanol–water partition coefficient (Wildman–Crippen LogP) is 5.65. The maximum atomic E-state index is 11.5. The maximum Gasteiger partial charge on any atom is 0.261 e. The Hall–Kier alpha value is -1.58. The highest BCUT2D eigenvalue weighted by Gasteiger charge is 2.59. The van der Waals surface area contributed by atoms with Gasteiger partial charge in [0, 0.05) is 24.5 Å². The molecular formula is C37H58O6Si. The Morgan fingerprint density at radius 2 is 1.48 bits per heavy atom. The van der Waals surface area contributed by atoms with Gasteiger partial charge in [0.05, 0.1) is 18.3 Å². The molecule has 0 amide bonds. The molecule has 10 atom stereocenters. The highest BCUT2D eigenvalue weighted by atomic mass is 28.4. The van der Waals surface area contributed by atoms with Gasteiger partial charge in [-0.05, 0) is 59.9 Å². The summed E-state index contributed by atoms with van der Waals surface area (Å²) in [5, 5.41) is 35.1. The monoisotopic (exact) mass is 626 g/mol. The van der Waals surface area contributed by atoms with Crippen LogP contribution in [0.2, 0.25) is 5.04 Å². The molecule has 0 radical (unpaired) electrons. The van der Waals surface area contributed by atoms with Crippen molar-refractivity contribution in [1.29, 1.82) is 0 Å². The smallest absolute Gasteiger partial charge is 0.261 e. The van der Waals surface area contributed by atoms with Crippen molar-refractivity contribution in [3.8, 4) is 0 Å². The van der Waals surface area contributed by atoms with Crippen LogP contribution in [0.4, 0.5) is 0 Å². The number of aliphatic hydroxyl groups excluding tert-OH is 3. The topological polar surface area (TPSA) is 88.4 Å². The van der Waals surface area contributed by atoms with E-state index >= 15 is 0 Å². The van der Waals surface area contributed by atoms with Crippen molar-refractivity contribution >= 4 is 18.7 Å². The number of hydrogen-bond acceptors (Lipinski definition) is 6. The first-order valence-electron chi connectivity index (χ1n) is 16.9. The van der Waals surface area contributed by atoms with Crippen molar-refractivity contribution in [1.82, 2.24) is 0 Å². The molecule has 246 valence electrons. The standard InChI is InChI=1S/C37H58O6Si/c1-9-29(24-38)20-21-32-27(4)35(40)28(5)37(41-32)34(39)22-25(2)33(42-37)23-26(3)43-44(36(6,7)8,30-16-12-10-13-17-30)31-18-14-11-15-19-31/h10-19,25-29,32-35,38-40H,9,20-24H2,1-8H3/t25-,26+,27+,28-,29+,32-,33-,34?,35+,37-/m0/s1. The van der Waals surface area contributed by atoms with E-state index in [1.807, 2.05) is 13.8 Å². The maximum absolute atomic E-state index is 11.5. The summed E-state index contributed by atoms with van der Waals surface area (Å²) in [6.07, 6.45) is 1.45. The lowest BCUT2D eigenvalue weighted by atomic mass is 9.73. The minimum absolute atomic E-state index is 0.0884. The Kier molecular flexibility index (Phi) is 11.6. The summed E-state index contributed by atoms with van der Waals surface area (Å²) in [4.78, 5) is 0. The Labute approximate surface area is 267 Å². The summed E-state index contributed by atoms with van der Waals surface area (Å²) in [5.74, 6) is -1.50. The van der Waals surface area contributed by atoms with Crippen LogP contribution in [0.15, 0.2) is 60.7 Å². The summed E-state index contributed by atoms with van der Waals surface area (Å²) in [7, 11) is -2.75. The van der Waals surface area contributed by atoms with Gasteiger partial charge in [-0.25, -0.2) is 0 Å². The molecule has 2 aromatic carbocycles. The fraction of sp³-hybridized carbons (Fsp3) is 0.676. The van der Waals surface area contributed by atoms with E-state index in [-0.39, 0.29) is 47.7 Å². The second-order valence-corrected chi connectivity index (χ2v) is 19.0. The first-order valence-corrected chi connectivity index (χ1v) is 18.8. The molecule has 3 N–H and O–H groups in total. The van der Waals surface area contributed by atoms with Gasteiger partial charge in [0.25, 0.3) is 8.32 Å². The Bertz CT molecular complexity index is 1110. The third kappa shape index (κ3) is 6.90. The predicted molar refractivity (Wildman–Crippen MR) is 179 cm³/mol. The molecule has 2 aliphatic rings. The average molecular weight is 627 g/mol. The van der Waals surface area contributed by atoms with Crippen molar-refractivity contribution in [2.24, 2.45) is 23.7 Å². The van der Waals surface area contributed by atoms with Crippen LogP contribution in [-0.4, -0.2) is 66.6 Å². The van der Waals surface area contributed by atoms with E-state index < -0.39 is 32.2 Å². The molecular weight excluding hydrogens is 568 g/mol. The van der Waals surface area contributed by atoms with Gasteiger partial charge < -0.3 is 29.2 Å². The lowest BCUT2D eigenvalue weighted by molar-refractivity contribution is -0.400. The normalized spacial score (nSPS) is 32.8. The summed E-state index contributed by atoms with van der Waals surface area (Å²) < 4.78 is 21.1. The van der Waals surface area contributed by atoms with Crippen molar-refractivity contribution in [2.45, 2.75) is 129 Å². The van der Waals surface area contributed by atoms with Crippen LogP contribution in [0.3, 0.4) is 0 Å². The third-order valence-electron chi connectivity index (χ3n) is 10.7. The minimum Gasteiger partial charge on any atom is -0.405 e.